The molecule has 2 aromatic carbocycles. The Morgan fingerprint density at radius 2 is 1.87 bits per heavy atom. The molecule has 1 atom stereocenters. The molecule has 2 amide bonds. The first-order valence-electron chi connectivity index (χ1n) is 10.0. The van der Waals surface area contributed by atoms with Crippen LogP contribution in [0.15, 0.2) is 55.1 Å². The van der Waals surface area contributed by atoms with Crippen LogP contribution in [0.25, 0.3) is 0 Å². The molecule has 0 spiro atoms. The van der Waals surface area contributed by atoms with Gasteiger partial charge in [0.05, 0.1) is 13.6 Å². The Kier molecular flexibility index (Phi) is 8.62. The highest BCUT2D eigenvalue weighted by atomic mass is 16.5. The molecule has 6 heteroatoms. The van der Waals surface area contributed by atoms with Crippen molar-refractivity contribution in [3.05, 3.63) is 71.8 Å². The number of hydrogen-bond donors (Lipinski definition) is 2. The Hall–Kier alpha value is -3.12. The predicted molar refractivity (Wildman–Crippen MR) is 120 cm³/mol. The van der Waals surface area contributed by atoms with Gasteiger partial charge in [0.1, 0.15) is 18.9 Å². The number of likely N-dealkylation sites (N-methyl/N-ethyl adjacent to an activating group) is 2. The summed E-state index contributed by atoms with van der Waals surface area (Å²) in [6.07, 6.45) is 1.70. The molecule has 0 saturated carbocycles. The van der Waals surface area contributed by atoms with Crippen molar-refractivity contribution in [3.63, 3.8) is 0 Å². The van der Waals surface area contributed by atoms with Crippen molar-refractivity contribution in [2.45, 2.75) is 20.4 Å². The van der Waals surface area contributed by atoms with Crippen molar-refractivity contribution >= 4 is 17.5 Å². The molecule has 0 heterocycles. The number of quaternary nitrogens is 1. The van der Waals surface area contributed by atoms with E-state index in [1.165, 1.54) is 4.90 Å². The molecule has 0 radical (unpaired) electrons. The van der Waals surface area contributed by atoms with Crippen LogP contribution < -0.4 is 15.0 Å². The number of hydrogen-bond acceptors (Lipinski definition) is 3. The van der Waals surface area contributed by atoms with Crippen molar-refractivity contribution in [2.24, 2.45) is 0 Å². The highest BCUT2D eigenvalue weighted by molar-refractivity contribution is 5.95. The number of carbonyl (C=O) groups is 2. The third-order valence-electron chi connectivity index (χ3n) is 4.72. The van der Waals surface area contributed by atoms with Crippen LogP contribution in [0.3, 0.4) is 0 Å². The first-order valence-corrected chi connectivity index (χ1v) is 10.0. The summed E-state index contributed by atoms with van der Waals surface area (Å²) in [5.74, 6) is 0.517. The lowest BCUT2D eigenvalue weighted by Crippen LogP contribution is -3.08. The van der Waals surface area contributed by atoms with Crippen LogP contribution >= 0.6 is 0 Å². The lowest BCUT2D eigenvalue weighted by atomic mass is 10.1. The zero-order chi connectivity index (χ0) is 22.1. The summed E-state index contributed by atoms with van der Waals surface area (Å²) in [5, 5.41) is 2.89. The second-order valence-corrected chi connectivity index (χ2v) is 7.67. The minimum atomic E-state index is -0.202. The number of aryl methyl sites for hydroxylation is 2. The molecule has 2 aromatic rings. The van der Waals surface area contributed by atoms with E-state index in [-0.39, 0.29) is 18.4 Å². The fraction of sp³-hybridized carbons (Fsp3) is 0.333. The fourth-order valence-electron chi connectivity index (χ4n) is 3.03. The summed E-state index contributed by atoms with van der Waals surface area (Å²) in [4.78, 5) is 27.4. The fourth-order valence-corrected chi connectivity index (χ4v) is 3.03. The molecule has 2 rings (SSSR count). The Labute approximate surface area is 179 Å². The van der Waals surface area contributed by atoms with Crippen molar-refractivity contribution in [3.8, 4) is 5.75 Å². The van der Waals surface area contributed by atoms with Gasteiger partial charge in [0.25, 0.3) is 5.91 Å². The molecular formula is C24H32N3O3+. The maximum Gasteiger partial charge on any atom is 0.277 e. The summed E-state index contributed by atoms with van der Waals surface area (Å²) >= 11 is 0. The normalized spacial score (nSPS) is 11.5. The minimum Gasteiger partial charge on any atom is -0.490 e. The third kappa shape index (κ3) is 7.37. The number of nitrogens with one attached hydrogen (secondary N) is 2. The lowest BCUT2D eigenvalue weighted by molar-refractivity contribution is -0.885. The van der Waals surface area contributed by atoms with Gasteiger partial charge in [-0.3, -0.25) is 9.59 Å². The first-order chi connectivity index (χ1) is 14.3. The van der Waals surface area contributed by atoms with E-state index in [4.69, 9.17) is 4.74 Å². The number of rotatable bonds is 10. The van der Waals surface area contributed by atoms with Crippen LogP contribution in [0.2, 0.25) is 0 Å². The summed E-state index contributed by atoms with van der Waals surface area (Å²) in [7, 11) is 3.62. The smallest absolute Gasteiger partial charge is 0.277 e. The van der Waals surface area contributed by atoms with Crippen molar-refractivity contribution in [1.29, 1.82) is 0 Å². The molecule has 0 aliphatic rings. The Balaban J connectivity index is 1.81. The van der Waals surface area contributed by atoms with Crippen molar-refractivity contribution in [2.75, 3.05) is 39.1 Å². The topological polar surface area (TPSA) is 63.1 Å². The van der Waals surface area contributed by atoms with Gasteiger partial charge in [-0.15, -0.1) is 0 Å². The second-order valence-electron chi connectivity index (χ2n) is 7.67. The van der Waals surface area contributed by atoms with Crippen LogP contribution in [0, 0.1) is 13.8 Å². The van der Waals surface area contributed by atoms with Crippen LogP contribution in [-0.2, 0) is 16.1 Å². The molecule has 0 bridgehead atoms. The van der Waals surface area contributed by atoms with Gasteiger partial charge in [-0.05, 0) is 55.3 Å². The third-order valence-corrected chi connectivity index (χ3v) is 4.72. The zero-order valence-corrected chi connectivity index (χ0v) is 18.3. The molecule has 1 unspecified atom stereocenters. The number of nitrogens with zero attached hydrogens (tertiary/aromatic N) is 1. The van der Waals surface area contributed by atoms with E-state index in [9.17, 15) is 9.59 Å². The molecular weight excluding hydrogens is 378 g/mol. The van der Waals surface area contributed by atoms with E-state index in [0.29, 0.717) is 19.7 Å². The molecule has 0 aromatic heterocycles. The predicted octanol–water partition coefficient (Wildman–Crippen LogP) is 1.98. The number of anilines is 1. The monoisotopic (exact) mass is 410 g/mol. The Morgan fingerprint density at radius 1 is 1.17 bits per heavy atom. The van der Waals surface area contributed by atoms with Gasteiger partial charge in [0.2, 0.25) is 5.91 Å². The zero-order valence-electron chi connectivity index (χ0n) is 18.3. The lowest BCUT2D eigenvalue weighted by Gasteiger charge is -2.20. The molecule has 6 nitrogen and oxygen atoms in total. The van der Waals surface area contributed by atoms with E-state index in [2.05, 4.69) is 11.9 Å². The highest BCUT2D eigenvalue weighted by Gasteiger charge is 2.18. The van der Waals surface area contributed by atoms with E-state index < -0.39 is 0 Å². The molecule has 30 heavy (non-hydrogen) atoms. The van der Waals surface area contributed by atoms with Gasteiger partial charge >= 0.3 is 0 Å². The molecule has 0 aliphatic heterocycles. The summed E-state index contributed by atoms with van der Waals surface area (Å²) in [6.45, 7) is 9.06. The van der Waals surface area contributed by atoms with Gasteiger partial charge in [-0.1, -0.05) is 24.8 Å². The van der Waals surface area contributed by atoms with E-state index in [1.54, 1.807) is 13.1 Å². The Morgan fingerprint density at radius 3 is 2.53 bits per heavy atom. The van der Waals surface area contributed by atoms with E-state index in [1.807, 2.05) is 63.4 Å². The van der Waals surface area contributed by atoms with Crippen molar-refractivity contribution < 1.29 is 19.2 Å². The summed E-state index contributed by atoms with van der Waals surface area (Å²) in [5.41, 5.74) is 3.96. The number of amides is 2. The van der Waals surface area contributed by atoms with Gasteiger partial charge in [0, 0.05) is 18.3 Å². The largest absolute Gasteiger partial charge is 0.490 e. The minimum absolute atomic E-state index is 0.0227. The molecule has 0 saturated heterocycles. The average Bonchev–Trinajstić information content (AvgIpc) is 2.70. The van der Waals surface area contributed by atoms with E-state index >= 15 is 0 Å². The first kappa shape index (κ1) is 23.2. The van der Waals surface area contributed by atoms with Crippen LogP contribution in [-0.4, -0.2) is 50.5 Å². The SMILES string of the molecule is C=CCOc1ccc(C[NH+](C)CC(=O)N(C)CC(=O)Nc2cc(C)ccc2C)cc1. The average molecular weight is 411 g/mol. The van der Waals surface area contributed by atoms with E-state index in [0.717, 1.165) is 33.0 Å². The van der Waals surface area contributed by atoms with Crippen LogP contribution in [0.5, 0.6) is 5.75 Å². The molecule has 0 fully saturated rings. The number of carbonyl (C=O) groups excluding carboxylic acids is 2. The van der Waals surface area contributed by atoms with Crippen LogP contribution in [0.4, 0.5) is 5.69 Å². The van der Waals surface area contributed by atoms with Gasteiger partial charge in [-0.25, -0.2) is 0 Å². The quantitative estimate of drug-likeness (QED) is 0.589. The number of benzene rings is 2. The summed E-state index contributed by atoms with van der Waals surface area (Å²) < 4.78 is 5.48. The molecule has 2 N–H and O–H groups in total. The molecule has 160 valence electrons. The van der Waals surface area contributed by atoms with Crippen molar-refractivity contribution in [1.82, 2.24) is 4.90 Å². The Bertz CT molecular complexity index is 878. The summed E-state index contributed by atoms with van der Waals surface area (Å²) in [6, 6.07) is 13.7. The van der Waals surface area contributed by atoms with Crippen LogP contribution in [0.1, 0.15) is 16.7 Å². The van der Waals surface area contributed by atoms with Gasteiger partial charge < -0.3 is 19.9 Å². The maximum atomic E-state index is 12.5. The molecule has 0 aliphatic carbocycles. The standard InChI is InChI=1S/C24H31N3O3/c1-6-13-30-21-11-9-20(10-12-21)15-26(4)17-24(29)27(5)16-23(28)25-22-14-18(2)7-8-19(22)3/h6-12,14H,1,13,15-17H2,2-5H3,(H,25,28)/p+1. The second kappa shape index (κ2) is 11.2. The number of ether oxygens (including phenoxy) is 1. The maximum absolute atomic E-state index is 12.5. The van der Waals surface area contributed by atoms with Gasteiger partial charge in [-0.2, -0.15) is 0 Å². The van der Waals surface area contributed by atoms with Gasteiger partial charge in [0.15, 0.2) is 6.54 Å². The highest BCUT2D eigenvalue weighted by Crippen LogP contribution is 2.16.